The zero-order valence-corrected chi connectivity index (χ0v) is 10.3. The number of hydrogen-bond donors (Lipinski definition) is 2. The van der Waals surface area contributed by atoms with Gasteiger partial charge in [0.2, 0.25) is 5.91 Å². The summed E-state index contributed by atoms with van der Waals surface area (Å²) in [6.45, 7) is 1.74. The topological polar surface area (TPSA) is 95.9 Å². The molecule has 1 saturated heterocycles. The summed E-state index contributed by atoms with van der Waals surface area (Å²) in [4.78, 5) is 34.7. The van der Waals surface area contributed by atoms with E-state index in [1.54, 1.807) is 12.0 Å². The van der Waals surface area contributed by atoms with Crippen LogP contribution in [0.25, 0.3) is 0 Å². The number of imide groups is 1. The molecule has 3 amide bonds. The number of carboxylic acid groups (broad SMARTS) is 1. The van der Waals surface area contributed by atoms with Gasteiger partial charge in [0.25, 0.3) is 0 Å². The number of aliphatic carboxylic acids is 1. The fraction of sp³-hybridized carbons (Fsp3) is 0.727. The van der Waals surface area contributed by atoms with E-state index >= 15 is 0 Å². The van der Waals surface area contributed by atoms with E-state index in [1.165, 1.54) is 0 Å². The van der Waals surface area contributed by atoms with Crippen molar-refractivity contribution in [3.63, 3.8) is 0 Å². The average Bonchev–Trinajstić information content (AvgIpc) is 2.75. The first-order chi connectivity index (χ1) is 8.52. The van der Waals surface area contributed by atoms with Crippen LogP contribution in [0.1, 0.15) is 19.3 Å². The van der Waals surface area contributed by atoms with Gasteiger partial charge in [0.15, 0.2) is 0 Å². The third-order valence-electron chi connectivity index (χ3n) is 2.79. The number of carboxylic acids is 1. The SMILES string of the molecule is COCC1CCN(C(=O)NC(=O)CCC(=O)O)C1. The highest BCUT2D eigenvalue weighted by Gasteiger charge is 2.26. The number of nitrogens with zero attached hydrogens (tertiary/aromatic N) is 1. The van der Waals surface area contributed by atoms with Gasteiger partial charge in [-0.1, -0.05) is 0 Å². The number of ether oxygens (including phenoxy) is 1. The van der Waals surface area contributed by atoms with Crippen molar-refractivity contribution < 1.29 is 24.2 Å². The summed E-state index contributed by atoms with van der Waals surface area (Å²) in [6, 6.07) is -0.455. The van der Waals surface area contributed by atoms with Crippen molar-refractivity contribution >= 4 is 17.9 Å². The number of nitrogens with one attached hydrogen (secondary N) is 1. The average molecular weight is 258 g/mol. The summed E-state index contributed by atoms with van der Waals surface area (Å²) < 4.78 is 5.01. The second kappa shape index (κ2) is 6.95. The number of methoxy groups -OCH3 is 1. The number of urea groups is 1. The third-order valence-corrected chi connectivity index (χ3v) is 2.79. The predicted molar refractivity (Wildman–Crippen MR) is 62.0 cm³/mol. The van der Waals surface area contributed by atoms with Gasteiger partial charge in [-0.05, 0) is 6.42 Å². The Hall–Kier alpha value is -1.63. The number of hydrogen-bond acceptors (Lipinski definition) is 4. The highest BCUT2D eigenvalue weighted by molar-refractivity contribution is 5.95. The van der Waals surface area contributed by atoms with Crippen LogP contribution in [0.15, 0.2) is 0 Å². The molecule has 0 radical (unpaired) electrons. The van der Waals surface area contributed by atoms with Crippen LogP contribution < -0.4 is 5.32 Å². The van der Waals surface area contributed by atoms with Crippen molar-refractivity contribution in [2.75, 3.05) is 26.8 Å². The van der Waals surface area contributed by atoms with Crippen LogP contribution >= 0.6 is 0 Å². The van der Waals surface area contributed by atoms with Crippen LogP contribution in [-0.2, 0) is 14.3 Å². The van der Waals surface area contributed by atoms with E-state index in [9.17, 15) is 14.4 Å². The molecule has 1 aliphatic heterocycles. The number of carbonyl (C=O) groups excluding carboxylic acids is 2. The van der Waals surface area contributed by atoms with Gasteiger partial charge in [-0.2, -0.15) is 0 Å². The first-order valence-corrected chi connectivity index (χ1v) is 5.82. The van der Waals surface area contributed by atoms with Crippen molar-refractivity contribution in [2.45, 2.75) is 19.3 Å². The quantitative estimate of drug-likeness (QED) is 0.726. The van der Waals surface area contributed by atoms with Crippen LogP contribution in [-0.4, -0.2) is 54.7 Å². The van der Waals surface area contributed by atoms with Gasteiger partial charge in [-0.3, -0.25) is 14.9 Å². The molecule has 0 bridgehead atoms. The van der Waals surface area contributed by atoms with Gasteiger partial charge in [0, 0.05) is 32.5 Å². The minimum atomic E-state index is -1.06. The first-order valence-electron chi connectivity index (χ1n) is 5.82. The Morgan fingerprint density at radius 1 is 1.39 bits per heavy atom. The van der Waals surface area contributed by atoms with Gasteiger partial charge in [0.05, 0.1) is 13.0 Å². The smallest absolute Gasteiger partial charge is 0.324 e. The maximum absolute atomic E-state index is 11.7. The van der Waals surface area contributed by atoms with Crippen LogP contribution in [0.3, 0.4) is 0 Å². The highest BCUT2D eigenvalue weighted by atomic mass is 16.5. The molecule has 1 heterocycles. The maximum atomic E-state index is 11.7. The van der Waals surface area contributed by atoms with E-state index in [1.807, 2.05) is 0 Å². The van der Waals surface area contributed by atoms with Gasteiger partial charge in [0.1, 0.15) is 0 Å². The lowest BCUT2D eigenvalue weighted by Gasteiger charge is -2.16. The molecule has 1 aliphatic rings. The number of amides is 3. The molecule has 7 heteroatoms. The second-order valence-corrected chi connectivity index (χ2v) is 4.30. The van der Waals surface area contributed by atoms with E-state index in [0.717, 1.165) is 6.42 Å². The summed E-state index contributed by atoms with van der Waals surface area (Å²) in [5, 5.41) is 10.6. The minimum absolute atomic E-state index is 0.184. The first kappa shape index (κ1) is 14.4. The minimum Gasteiger partial charge on any atom is -0.481 e. The molecule has 18 heavy (non-hydrogen) atoms. The van der Waals surface area contributed by atoms with Crippen LogP contribution in [0.4, 0.5) is 4.79 Å². The van der Waals surface area contributed by atoms with E-state index in [0.29, 0.717) is 25.6 Å². The van der Waals surface area contributed by atoms with Gasteiger partial charge in [-0.15, -0.1) is 0 Å². The van der Waals surface area contributed by atoms with Crippen molar-refractivity contribution in [1.82, 2.24) is 10.2 Å². The molecule has 0 saturated carbocycles. The molecular formula is C11H18N2O5. The van der Waals surface area contributed by atoms with E-state index in [-0.39, 0.29) is 12.8 Å². The molecule has 1 unspecified atom stereocenters. The Labute approximate surface area is 105 Å². The fourth-order valence-corrected chi connectivity index (χ4v) is 1.87. The highest BCUT2D eigenvalue weighted by Crippen LogP contribution is 2.16. The van der Waals surface area contributed by atoms with Crippen LogP contribution in [0, 0.1) is 5.92 Å². The summed E-state index contributed by atoms with van der Waals surface area (Å²) in [6.07, 6.45) is 0.395. The number of rotatable bonds is 5. The molecule has 0 aromatic heterocycles. The molecule has 0 aliphatic carbocycles. The van der Waals surface area contributed by atoms with Crippen molar-refractivity contribution in [2.24, 2.45) is 5.92 Å². The third kappa shape index (κ3) is 4.70. The Balaban J connectivity index is 2.29. The Morgan fingerprint density at radius 2 is 2.11 bits per heavy atom. The molecule has 0 aromatic carbocycles. The lowest BCUT2D eigenvalue weighted by Crippen LogP contribution is -2.41. The summed E-state index contributed by atoms with van der Waals surface area (Å²) in [5.41, 5.74) is 0. The predicted octanol–water partition coefficient (Wildman–Crippen LogP) is 0.0557. The summed E-state index contributed by atoms with van der Waals surface area (Å²) in [5.74, 6) is -1.31. The van der Waals surface area contributed by atoms with Crippen molar-refractivity contribution in [1.29, 1.82) is 0 Å². The largest absolute Gasteiger partial charge is 0.481 e. The summed E-state index contributed by atoms with van der Waals surface area (Å²) >= 11 is 0. The van der Waals surface area contributed by atoms with Crippen molar-refractivity contribution in [3.8, 4) is 0 Å². The van der Waals surface area contributed by atoms with Crippen LogP contribution in [0.5, 0.6) is 0 Å². The van der Waals surface area contributed by atoms with Crippen molar-refractivity contribution in [3.05, 3.63) is 0 Å². The monoisotopic (exact) mass is 258 g/mol. The second-order valence-electron chi connectivity index (χ2n) is 4.30. The molecule has 2 N–H and O–H groups in total. The zero-order valence-electron chi connectivity index (χ0n) is 10.3. The lowest BCUT2D eigenvalue weighted by atomic mass is 10.1. The standard InChI is InChI=1S/C11H18N2O5/c1-18-7-8-4-5-13(6-8)11(17)12-9(14)2-3-10(15)16/h8H,2-7H2,1H3,(H,15,16)(H,12,14,17). The normalized spacial score (nSPS) is 18.7. The fourth-order valence-electron chi connectivity index (χ4n) is 1.87. The number of carbonyl (C=O) groups is 3. The Kier molecular flexibility index (Phi) is 5.57. The molecule has 1 fully saturated rings. The molecule has 1 atom stereocenters. The zero-order chi connectivity index (χ0) is 13.5. The molecular weight excluding hydrogens is 240 g/mol. The molecule has 0 aromatic rings. The van der Waals surface area contributed by atoms with E-state index in [4.69, 9.17) is 9.84 Å². The summed E-state index contributed by atoms with van der Waals surface area (Å²) in [7, 11) is 1.61. The van der Waals surface area contributed by atoms with Crippen LogP contribution in [0.2, 0.25) is 0 Å². The number of likely N-dealkylation sites (tertiary alicyclic amines) is 1. The van der Waals surface area contributed by atoms with E-state index < -0.39 is 17.9 Å². The lowest BCUT2D eigenvalue weighted by molar-refractivity contribution is -0.138. The Morgan fingerprint density at radius 3 is 2.72 bits per heavy atom. The van der Waals surface area contributed by atoms with Gasteiger partial charge < -0.3 is 14.7 Å². The van der Waals surface area contributed by atoms with Gasteiger partial charge in [-0.25, -0.2) is 4.79 Å². The molecule has 102 valence electrons. The Bertz CT molecular complexity index is 331. The molecule has 0 spiro atoms. The maximum Gasteiger partial charge on any atom is 0.324 e. The van der Waals surface area contributed by atoms with Gasteiger partial charge >= 0.3 is 12.0 Å². The molecule has 7 nitrogen and oxygen atoms in total. The van der Waals surface area contributed by atoms with E-state index in [2.05, 4.69) is 5.32 Å². The molecule has 1 rings (SSSR count).